The number of benzene rings is 4. The van der Waals surface area contributed by atoms with Crippen molar-refractivity contribution in [3.05, 3.63) is 176 Å². The second-order valence-electron chi connectivity index (χ2n) is 12.4. The second kappa shape index (κ2) is 12.5. The van der Waals surface area contributed by atoms with Crippen LogP contribution in [0.25, 0.3) is 77.6 Å². The SMILES string of the molecule is C=C/C=C\N=C(C)c1cc(-n2c3ccc(-c4cccc5c6ccccc6n(-c6ccccc6)c45)cc3c3ncccc32)cc(-c2ccccn2)n1. The molecule has 0 atom stereocenters. The van der Waals surface area contributed by atoms with Crippen LogP contribution < -0.4 is 0 Å². The topological polar surface area (TPSA) is 60.9 Å². The summed E-state index contributed by atoms with van der Waals surface area (Å²) in [6.07, 6.45) is 8.92. The maximum atomic E-state index is 5.00. The van der Waals surface area contributed by atoms with Gasteiger partial charge in [0.25, 0.3) is 0 Å². The molecule has 0 N–H and O–H groups in total. The normalized spacial score (nSPS) is 12.1. The first-order valence-corrected chi connectivity index (χ1v) is 16.9. The summed E-state index contributed by atoms with van der Waals surface area (Å²) in [4.78, 5) is 19.2. The van der Waals surface area contributed by atoms with Crippen LogP contribution >= 0.6 is 0 Å². The molecule has 0 radical (unpaired) electrons. The third-order valence-corrected chi connectivity index (χ3v) is 9.40. The molecular weight excluding hydrogens is 625 g/mol. The number of hydrogen-bond donors (Lipinski definition) is 0. The van der Waals surface area contributed by atoms with Crippen LogP contribution in [0.1, 0.15) is 12.6 Å². The molecular formula is C45H32N6. The average molecular weight is 657 g/mol. The fraction of sp³-hybridized carbons (Fsp3) is 0.0222. The van der Waals surface area contributed by atoms with E-state index in [2.05, 4.69) is 135 Å². The summed E-state index contributed by atoms with van der Waals surface area (Å²) < 4.78 is 4.66. The van der Waals surface area contributed by atoms with Gasteiger partial charge in [0.2, 0.25) is 0 Å². The highest BCUT2D eigenvalue weighted by Gasteiger charge is 2.20. The molecule has 0 fully saturated rings. The number of aromatic nitrogens is 5. The minimum Gasteiger partial charge on any atom is -0.309 e. The van der Waals surface area contributed by atoms with Crippen molar-refractivity contribution in [3.63, 3.8) is 0 Å². The Hall–Kier alpha value is -6.92. The van der Waals surface area contributed by atoms with Gasteiger partial charge in [0.1, 0.15) is 0 Å². The molecule has 9 rings (SSSR count). The van der Waals surface area contributed by atoms with Gasteiger partial charge in [0.05, 0.1) is 56.1 Å². The molecule has 6 heteroatoms. The van der Waals surface area contributed by atoms with E-state index in [1.165, 1.54) is 21.8 Å². The summed E-state index contributed by atoms with van der Waals surface area (Å²) in [6.45, 7) is 5.74. The minimum atomic E-state index is 0.762. The molecule has 0 saturated carbocycles. The number of fused-ring (bicyclic) bond motifs is 6. The lowest BCUT2D eigenvalue weighted by Gasteiger charge is -2.13. The van der Waals surface area contributed by atoms with Crippen LogP contribution in [0.2, 0.25) is 0 Å². The molecule has 0 saturated heterocycles. The van der Waals surface area contributed by atoms with Crippen molar-refractivity contribution in [2.24, 2.45) is 4.99 Å². The van der Waals surface area contributed by atoms with Gasteiger partial charge in [-0.25, -0.2) is 4.98 Å². The van der Waals surface area contributed by atoms with Gasteiger partial charge in [-0.1, -0.05) is 79.4 Å². The van der Waals surface area contributed by atoms with Crippen LogP contribution in [0.15, 0.2) is 176 Å². The Morgan fingerprint density at radius 1 is 0.627 bits per heavy atom. The predicted octanol–water partition coefficient (Wildman–Crippen LogP) is 10.9. The van der Waals surface area contributed by atoms with E-state index in [0.29, 0.717) is 0 Å². The highest BCUT2D eigenvalue weighted by molar-refractivity contribution is 6.15. The third kappa shape index (κ3) is 5.13. The molecule has 0 spiro atoms. The molecule has 5 aromatic heterocycles. The number of para-hydroxylation sites is 3. The van der Waals surface area contributed by atoms with E-state index in [9.17, 15) is 0 Å². The maximum absolute atomic E-state index is 5.00. The Morgan fingerprint density at radius 2 is 1.41 bits per heavy atom. The zero-order chi connectivity index (χ0) is 34.3. The molecule has 5 heterocycles. The highest BCUT2D eigenvalue weighted by atomic mass is 15.0. The van der Waals surface area contributed by atoms with Crippen LogP contribution in [-0.4, -0.2) is 29.8 Å². The second-order valence-corrected chi connectivity index (χ2v) is 12.4. The Labute approximate surface area is 295 Å². The van der Waals surface area contributed by atoms with Gasteiger partial charge in [-0.3, -0.25) is 15.0 Å². The van der Waals surface area contributed by atoms with E-state index in [1.807, 2.05) is 43.5 Å². The van der Waals surface area contributed by atoms with Gasteiger partial charge in [-0.05, 0) is 85.3 Å². The monoisotopic (exact) mass is 656 g/mol. The summed E-state index contributed by atoms with van der Waals surface area (Å²) in [7, 11) is 0. The Kier molecular flexibility index (Phi) is 7.40. The zero-order valence-corrected chi connectivity index (χ0v) is 28.0. The van der Waals surface area contributed by atoms with E-state index in [0.717, 1.165) is 67.2 Å². The quantitative estimate of drug-likeness (QED) is 0.127. The van der Waals surface area contributed by atoms with Crippen molar-refractivity contribution in [3.8, 4) is 33.9 Å². The number of aliphatic imine (C=N–C) groups is 1. The van der Waals surface area contributed by atoms with Gasteiger partial charge < -0.3 is 9.13 Å². The van der Waals surface area contributed by atoms with Crippen LogP contribution in [0, 0.1) is 0 Å². The van der Waals surface area contributed by atoms with Crippen molar-refractivity contribution in [2.45, 2.75) is 6.92 Å². The molecule has 51 heavy (non-hydrogen) atoms. The molecule has 242 valence electrons. The van der Waals surface area contributed by atoms with Crippen molar-refractivity contribution < 1.29 is 0 Å². The Balaban J connectivity index is 1.29. The molecule has 6 nitrogen and oxygen atoms in total. The van der Waals surface area contributed by atoms with Crippen molar-refractivity contribution in [1.82, 2.24) is 24.1 Å². The van der Waals surface area contributed by atoms with Gasteiger partial charge in [0.15, 0.2) is 0 Å². The lowest BCUT2D eigenvalue weighted by atomic mass is 10.0. The lowest BCUT2D eigenvalue weighted by molar-refractivity contribution is 1.14. The number of nitrogens with zero attached hydrogens (tertiary/aromatic N) is 6. The molecule has 0 aliphatic heterocycles. The fourth-order valence-corrected chi connectivity index (χ4v) is 7.14. The summed E-state index contributed by atoms with van der Waals surface area (Å²) in [5.41, 5.74) is 12.8. The van der Waals surface area contributed by atoms with Gasteiger partial charge in [-0.2, -0.15) is 0 Å². The molecule has 0 amide bonds. The molecule has 0 unspecified atom stereocenters. The summed E-state index contributed by atoms with van der Waals surface area (Å²) in [5, 5.41) is 3.52. The van der Waals surface area contributed by atoms with Gasteiger partial charge in [0, 0.05) is 46.0 Å². The Bertz CT molecular complexity index is 2820. The summed E-state index contributed by atoms with van der Waals surface area (Å²) in [6, 6.07) is 46.8. The lowest BCUT2D eigenvalue weighted by Crippen LogP contribution is -2.04. The molecule has 0 bridgehead atoms. The van der Waals surface area contributed by atoms with Crippen LogP contribution in [-0.2, 0) is 0 Å². The summed E-state index contributed by atoms with van der Waals surface area (Å²) in [5.74, 6) is 0. The van der Waals surface area contributed by atoms with Crippen LogP contribution in [0.3, 0.4) is 0 Å². The fourth-order valence-electron chi connectivity index (χ4n) is 7.14. The first kappa shape index (κ1) is 30.2. The minimum absolute atomic E-state index is 0.762. The number of rotatable bonds is 7. The van der Waals surface area contributed by atoms with Gasteiger partial charge in [-0.15, -0.1) is 0 Å². The van der Waals surface area contributed by atoms with Crippen molar-refractivity contribution in [1.29, 1.82) is 0 Å². The highest BCUT2D eigenvalue weighted by Crippen LogP contribution is 2.40. The van der Waals surface area contributed by atoms with E-state index in [1.54, 1.807) is 18.5 Å². The molecule has 4 aromatic carbocycles. The number of allylic oxidation sites excluding steroid dienone is 2. The maximum Gasteiger partial charge on any atom is 0.0963 e. The molecule has 0 aliphatic rings. The molecule has 9 aromatic rings. The van der Waals surface area contributed by atoms with Crippen LogP contribution in [0.4, 0.5) is 0 Å². The Morgan fingerprint density at radius 3 is 2.27 bits per heavy atom. The van der Waals surface area contributed by atoms with E-state index < -0.39 is 0 Å². The van der Waals surface area contributed by atoms with E-state index in [4.69, 9.17) is 9.97 Å². The smallest absolute Gasteiger partial charge is 0.0963 e. The average Bonchev–Trinajstić information content (AvgIpc) is 3.71. The van der Waals surface area contributed by atoms with Gasteiger partial charge >= 0.3 is 0 Å². The first-order chi connectivity index (χ1) is 25.2. The van der Waals surface area contributed by atoms with E-state index in [-0.39, 0.29) is 0 Å². The predicted molar refractivity (Wildman–Crippen MR) is 211 cm³/mol. The standard InChI is InChI=1S/C45H32N6/c1-3-4-24-46-30(2)39-28-33(29-40(49-39)38-19-10-11-25-47-38)50-42-23-22-31(27-37(42)44-43(50)21-13-26-48-44)34-17-12-18-36-35-16-8-9-20-41(35)51(45(34)36)32-14-6-5-7-15-32/h3-29H,1H2,2H3/b24-4-,46-30?. The van der Waals surface area contributed by atoms with Crippen molar-refractivity contribution >= 4 is 49.5 Å². The third-order valence-electron chi connectivity index (χ3n) is 9.40. The van der Waals surface area contributed by atoms with E-state index >= 15 is 0 Å². The van der Waals surface area contributed by atoms with Crippen LogP contribution in [0.5, 0.6) is 0 Å². The van der Waals surface area contributed by atoms with Crippen molar-refractivity contribution in [2.75, 3.05) is 0 Å². The molecule has 0 aliphatic carbocycles. The summed E-state index contributed by atoms with van der Waals surface area (Å²) >= 11 is 0. The number of hydrogen-bond acceptors (Lipinski definition) is 4. The zero-order valence-electron chi connectivity index (χ0n) is 28.0. The number of pyridine rings is 3. The largest absolute Gasteiger partial charge is 0.309 e. The first-order valence-electron chi connectivity index (χ1n) is 16.9.